The van der Waals surface area contributed by atoms with Gasteiger partial charge in [0.25, 0.3) is 0 Å². The number of hydrogen-bond acceptors (Lipinski definition) is 6. The fraction of sp³-hybridized carbons (Fsp3) is 0.105. The Morgan fingerprint density at radius 3 is 2.29 bits per heavy atom. The number of halogens is 6. The van der Waals surface area contributed by atoms with Crippen LogP contribution in [0.2, 0.25) is 0 Å². The number of rotatable bonds is 3. The molecule has 0 aliphatic carbocycles. The number of nitrogens with zero attached hydrogens (tertiary/aromatic N) is 5. The molecule has 6 nitrogen and oxygen atoms in total. The summed E-state index contributed by atoms with van der Waals surface area (Å²) < 4.78 is 77.8. The lowest BCUT2D eigenvalue weighted by Crippen LogP contribution is -2.09. The molecule has 0 aromatic carbocycles. The summed E-state index contributed by atoms with van der Waals surface area (Å²) >= 11 is 0. The highest BCUT2D eigenvalue weighted by Gasteiger charge is 2.34. The van der Waals surface area contributed by atoms with E-state index in [-0.39, 0.29) is 22.9 Å². The Morgan fingerprint density at radius 1 is 0.806 bits per heavy atom. The Hall–Kier alpha value is -3.83. The quantitative estimate of drug-likeness (QED) is 0.442. The van der Waals surface area contributed by atoms with Crippen LogP contribution >= 0.6 is 0 Å². The highest BCUT2D eigenvalue weighted by atomic mass is 19.4. The maximum atomic E-state index is 13.3. The van der Waals surface area contributed by atoms with Crippen molar-refractivity contribution >= 4 is 22.5 Å². The highest BCUT2D eigenvalue weighted by Crippen LogP contribution is 2.36. The largest absolute Gasteiger partial charge is 0.418 e. The molecule has 0 spiro atoms. The molecule has 0 unspecified atom stereocenters. The van der Waals surface area contributed by atoms with Gasteiger partial charge in [-0.2, -0.15) is 31.4 Å². The van der Waals surface area contributed by atoms with Crippen LogP contribution in [0.3, 0.4) is 0 Å². The minimum Gasteiger partial charge on any atom is -0.338 e. The van der Waals surface area contributed by atoms with Crippen LogP contribution in [-0.4, -0.2) is 25.1 Å². The van der Waals surface area contributed by atoms with E-state index in [1.54, 1.807) is 0 Å². The molecule has 0 saturated carbocycles. The normalized spacial score (nSPS) is 12.2. The molecule has 0 amide bonds. The summed E-state index contributed by atoms with van der Waals surface area (Å²) in [4.78, 5) is 11.6. The molecule has 4 aromatic heterocycles. The fourth-order valence-corrected chi connectivity index (χ4v) is 2.79. The van der Waals surface area contributed by atoms with Crippen LogP contribution in [0.25, 0.3) is 22.4 Å². The molecule has 0 aliphatic heterocycles. The molecule has 0 radical (unpaired) electrons. The zero-order chi connectivity index (χ0) is 22.2. The molecular formula is C19H10F6N6. The van der Waals surface area contributed by atoms with Crippen molar-refractivity contribution in [1.82, 2.24) is 25.1 Å². The topological polar surface area (TPSA) is 76.5 Å². The number of nitrogens with one attached hydrogen (secondary N) is 1. The van der Waals surface area contributed by atoms with Crippen LogP contribution in [0.1, 0.15) is 11.1 Å². The lowest BCUT2D eigenvalue weighted by Gasteiger charge is -2.12. The van der Waals surface area contributed by atoms with Crippen molar-refractivity contribution in [2.24, 2.45) is 0 Å². The Labute approximate surface area is 170 Å². The van der Waals surface area contributed by atoms with E-state index >= 15 is 0 Å². The van der Waals surface area contributed by atoms with Gasteiger partial charge in [-0.3, -0.25) is 4.98 Å². The van der Waals surface area contributed by atoms with E-state index in [9.17, 15) is 26.3 Å². The van der Waals surface area contributed by atoms with Crippen LogP contribution in [0, 0.1) is 0 Å². The molecule has 1 N–H and O–H groups in total. The second-order valence-corrected chi connectivity index (χ2v) is 6.28. The van der Waals surface area contributed by atoms with Crippen LogP contribution in [0.15, 0.2) is 55.0 Å². The molecule has 31 heavy (non-hydrogen) atoms. The Balaban J connectivity index is 1.70. The van der Waals surface area contributed by atoms with E-state index < -0.39 is 23.5 Å². The minimum atomic E-state index is -4.62. The van der Waals surface area contributed by atoms with Gasteiger partial charge < -0.3 is 5.32 Å². The summed E-state index contributed by atoms with van der Waals surface area (Å²) in [6, 6.07) is 6.88. The van der Waals surface area contributed by atoms with Gasteiger partial charge in [-0.25, -0.2) is 9.97 Å². The van der Waals surface area contributed by atoms with Crippen molar-refractivity contribution in [2.45, 2.75) is 12.4 Å². The molecule has 0 atom stereocenters. The summed E-state index contributed by atoms with van der Waals surface area (Å²) in [5.74, 6) is 0.107. The first kappa shape index (κ1) is 20.4. The van der Waals surface area contributed by atoms with Crippen molar-refractivity contribution in [2.75, 3.05) is 5.32 Å². The molecule has 12 heteroatoms. The molecule has 0 bridgehead atoms. The first-order chi connectivity index (χ1) is 14.6. The average molecular weight is 436 g/mol. The van der Waals surface area contributed by atoms with Crippen molar-refractivity contribution in [3.63, 3.8) is 0 Å². The van der Waals surface area contributed by atoms with E-state index in [0.717, 1.165) is 18.2 Å². The summed E-state index contributed by atoms with van der Waals surface area (Å²) in [5.41, 5.74) is -1.93. The maximum absolute atomic E-state index is 13.3. The fourth-order valence-electron chi connectivity index (χ4n) is 2.79. The summed E-state index contributed by atoms with van der Waals surface area (Å²) in [5, 5.41) is 10.8. The van der Waals surface area contributed by atoms with Gasteiger partial charge in [-0.15, -0.1) is 5.10 Å². The van der Waals surface area contributed by atoms with Gasteiger partial charge in [0.05, 0.1) is 28.7 Å². The SMILES string of the molecule is FC(F)(F)c1ccc(Nc2cnnc3nc(-c4ncccc4C(F)(F)F)ccc23)nc1. The number of alkyl halides is 6. The zero-order valence-electron chi connectivity index (χ0n) is 15.2. The molecule has 158 valence electrons. The molecule has 4 heterocycles. The lowest BCUT2D eigenvalue weighted by atomic mass is 10.1. The third-order valence-electron chi connectivity index (χ3n) is 4.21. The second kappa shape index (κ2) is 7.45. The average Bonchev–Trinajstić information content (AvgIpc) is 2.73. The predicted molar refractivity (Wildman–Crippen MR) is 98.1 cm³/mol. The summed E-state index contributed by atoms with van der Waals surface area (Å²) in [7, 11) is 0. The van der Waals surface area contributed by atoms with Gasteiger partial charge in [0, 0.05) is 17.8 Å². The van der Waals surface area contributed by atoms with E-state index in [1.807, 2.05) is 0 Å². The van der Waals surface area contributed by atoms with Gasteiger partial charge in [0.2, 0.25) is 0 Å². The van der Waals surface area contributed by atoms with Crippen molar-refractivity contribution < 1.29 is 26.3 Å². The van der Waals surface area contributed by atoms with Crippen LogP contribution in [0.4, 0.5) is 37.8 Å². The zero-order valence-corrected chi connectivity index (χ0v) is 15.2. The van der Waals surface area contributed by atoms with E-state index in [2.05, 4.69) is 30.5 Å². The molecule has 0 aliphatic rings. The van der Waals surface area contributed by atoms with Gasteiger partial charge in [-0.1, -0.05) is 0 Å². The van der Waals surface area contributed by atoms with Crippen LogP contribution in [0.5, 0.6) is 0 Å². The third kappa shape index (κ3) is 4.22. The number of hydrogen-bond donors (Lipinski definition) is 1. The molecular weight excluding hydrogens is 426 g/mol. The third-order valence-corrected chi connectivity index (χ3v) is 4.21. The highest BCUT2D eigenvalue weighted by molar-refractivity contribution is 5.90. The molecule has 4 rings (SSSR count). The van der Waals surface area contributed by atoms with Gasteiger partial charge in [-0.05, 0) is 36.4 Å². The lowest BCUT2D eigenvalue weighted by molar-refractivity contribution is -0.138. The smallest absolute Gasteiger partial charge is 0.338 e. The molecule has 4 aromatic rings. The number of anilines is 2. The predicted octanol–water partition coefficient (Wildman–Crippen LogP) is 5.26. The number of fused-ring (bicyclic) bond motifs is 1. The van der Waals surface area contributed by atoms with Crippen LogP contribution in [-0.2, 0) is 12.4 Å². The van der Waals surface area contributed by atoms with E-state index in [4.69, 9.17) is 0 Å². The van der Waals surface area contributed by atoms with E-state index in [0.29, 0.717) is 17.3 Å². The van der Waals surface area contributed by atoms with Gasteiger partial charge in [0.1, 0.15) is 11.5 Å². The first-order valence-electron chi connectivity index (χ1n) is 8.58. The van der Waals surface area contributed by atoms with E-state index in [1.165, 1.54) is 30.6 Å². The Bertz CT molecular complexity index is 1240. The number of aromatic nitrogens is 5. The summed E-state index contributed by atoms with van der Waals surface area (Å²) in [6.45, 7) is 0. The monoisotopic (exact) mass is 436 g/mol. The van der Waals surface area contributed by atoms with Gasteiger partial charge >= 0.3 is 12.4 Å². The Morgan fingerprint density at radius 2 is 1.61 bits per heavy atom. The standard InChI is InChI=1S/C19H10F6N6/c20-18(21,22)10-3-6-15(27-8-10)29-14-9-28-31-17-11(14)4-5-13(30-17)16-12(19(23,24)25)2-1-7-26-16/h1-9H,(H,27,29,30,31). The summed E-state index contributed by atoms with van der Waals surface area (Å²) in [6.07, 6.45) is -5.95. The van der Waals surface area contributed by atoms with Crippen molar-refractivity contribution in [3.8, 4) is 11.4 Å². The molecule has 0 fully saturated rings. The van der Waals surface area contributed by atoms with Gasteiger partial charge in [0.15, 0.2) is 5.65 Å². The minimum absolute atomic E-state index is 0.0215. The maximum Gasteiger partial charge on any atom is 0.418 e. The molecule has 0 saturated heterocycles. The Kier molecular flexibility index (Phi) is 4.91. The first-order valence-corrected chi connectivity index (χ1v) is 8.58. The number of pyridine rings is 3. The van der Waals surface area contributed by atoms with Crippen molar-refractivity contribution in [1.29, 1.82) is 0 Å². The second-order valence-electron chi connectivity index (χ2n) is 6.28. The van der Waals surface area contributed by atoms with Crippen molar-refractivity contribution in [3.05, 3.63) is 66.1 Å². The van der Waals surface area contributed by atoms with Crippen LogP contribution < -0.4 is 5.32 Å².